The number of hydrogen-bond donors (Lipinski definition) is 0. The average Bonchev–Trinajstić information content (AvgIpc) is 3.25. The highest BCUT2D eigenvalue weighted by Gasteiger charge is 2.54. The summed E-state index contributed by atoms with van der Waals surface area (Å²) in [5, 5.41) is 0.0517. The molecule has 0 aromatic heterocycles. The minimum absolute atomic E-state index is 0.0468. The molecule has 0 bridgehead atoms. The van der Waals surface area contributed by atoms with Gasteiger partial charge in [0.2, 0.25) is 0 Å². The number of halogens is 1. The Morgan fingerprint density at radius 1 is 1.08 bits per heavy atom. The molecule has 0 radical (unpaired) electrons. The predicted octanol–water partition coefficient (Wildman–Crippen LogP) is 5.45. The molecule has 192 valence electrons. The van der Waals surface area contributed by atoms with E-state index in [9.17, 15) is 19.2 Å². The molecule has 0 saturated carbocycles. The third-order valence-electron chi connectivity index (χ3n) is 7.30. The first-order valence-corrected chi connectivity index (χ1v) is 13.3. The highest BCUT2D eigenvalue weighted by atomic mass is 35.5. The third kappa shape index (κ3) is 3.89. The summed E-state index contributed by atoms with van der Waals surface area (Å²) in [6.45, 7) is 9.45. The summed E-state index contributed by atoms with van der Waals surface area (Å²) >= 11 is 6.88. The lowest BCUT2D eigenvalue weighted by atomic mass is 9.65. The van der Waals surface area contributed by atoms with Crippen LogP contribution in [0.25, 0.3) is 5.57 Å². The van der Waals surface area contributed by atoms with Gasteiger partial charge in [0.1, 0.15) is 6.54 Å². The molecule has 37 heavy (non-hydrogen) atoms. The van der Waals surface area contributed by atoms with E-state index >= 15 is 0 Å². The molecular weight excluding hydrogens is 512 g/mol. The smallest absolute Gasteiger partial charge is 0.326 e. The van der Waals surface area contributed by atoms with Crippen LogP contribution in [0, 0.1) is 6.92 Å². The van der Waals surface area contributed by atoms with Gasteiger partial charge >= 0.3 is 5.97 Å². The fraction of sp³-hybridized carbons (Fsp3) is 0.357. The minimum atomic E-state index is -0.674. The maximum atomic E-state index is 14.0. The van der Waals surface area contributed by atoms with E-state index in [0.29, 0.717) is 28.8 Å². The number of carbonyl (C=O) groups is 4. The number of amides is 3. The zero-order valence-electron chi connectivity index (χ0n) is 21.3. The molecule has 3 heterocycles. The second-order valence-corrected chi connectivity index (χ2v) is 11.8. The Labute approximate surface area is 224 Å². The van der Waals surface area contributed by atoms with Gasteiger partial charge in [0, 0.05) is 21.5 Å². The molecule has 0 N–H and O–H groups in total. The third-order valence-corrected chi connectivity index (χ3v) is 8.53. The van der Waals surface area contributed by atoms with Crippen molar-refractivity contribution in [3.8, 4) is 0 Å². The van der Waals surface area contributed by atoms with Crippen molar-refractivity contribution in [3.63, 3.8) is 0 Å². The fourth-order valence-electron chi connectivity index (χ4n) is 5.89. The van der Waals surface area contributed by atoms with Gasteiger partial charge < -0.3 is 9.64 Å². The number of carbonyl (C=O) groups excluding carboxylic acids is 4. The van der Waals surface area contributed by atoms with Crippen molar-refractivity contribution in [1.82, 2.24) is 4.90 Å². The summed E-state index contributed by atoms with van der Waals surface area (Å²) < 4.78 is 4.92. The number of benzene rings is 2. The van der Waals surface area contributed by atoms with Crippen LogP contribution in [-0.4, -0.2) is 46.6 Å². The first-order chi connectivity index (χ1) is 17.4. The van der Waals surface area contributed by atoms with Crippen LogP contribution < -0.4 is 4.90 Å². The maximum absolute atomic E-state index is 14.0. The standard InChI is InChI=1S/C28H27ClN2O5S/c1-6-36-20(32)13-30-25(34)23(37-26(30)35)21-18-11-15(2)12-19-22(18)31(24(21)33)27(3,4)14-28(19,5)16-7-9-17(29)10-8-16/h7-12H,6,13-14H2,1-5H3/b23-21-. The van der Waals surface area contributed by atoms with E-state index in [2.05, 4.69) is 13.0 Å². The Morgan fingerprint density at radius 3 is 2.41 bits per heavy atom. The van der Waals surface area contributed by atoms with Crippen LogP contribution in [0.15, 0.2) is 41.3 Å². The van der Waals surface area contributed by atoms with Crippen LogP contribution >= 0.6 is 23.4 Å². The zero-order chi connectivity index (χ0) is 26.9. The summed E-state index contributed by atoms with van der Waals surface area (Å²) in [5.74, 6) is -1.64. The molecule has 1 unspecified atom stereocenters. The zero-order valence-corrected chi connectivity index (χ0v) is 22.9. The van der Waals surface area contributed by atoms with E-state index in [4.69, 9.17) is 16.3 Å². The lowest BCUT2D eigenvalue weighted by Gasteiger charge is -2.50. The number of esters is 1. The summed E-state index contributed by atoms with van der Waals surface area (Å²) in [4.78, 5) is 54.8. The summed E-state index contributed by atoms with van der Waals surface area (Å²) in [6, 6.07) is 11.8. The number of imide groups is 1. The quantitative estimate of drug-likeness (QED) is 0.380. The highest BCUT2D eigenvalue weighted by Crippen LogP contribution is 2.57. The molecule has 9 heteroatoms. The number of thioether (sulfide) groups is 1. The molecule has 1 saturated heterocycles. The SMILES string of the molecule is CCOC(=O)CN1C(=O)S/C(=C2\C(=O)N3c4c2cc(C)cc4C(C)(c2ccc(Cl)cc2)CC3(C)C)C1=O. The molecule has 0 aliphatic carbocycles. The average molecular weight is 539 g/mol. The normalized spacial score (nSPS) is 24.1. The van der Waals surface area contributed by atoms with Crippen LogP contribution in [0.4, 0.5) is 10.5 Å². The molecule has 2 aromatic carbocycles. The van der Waals surface area contributed by atoms with E-state index in [1.165, 1.54) is 0 Å². The maximum Gasteiger partial charge on any atom is 0.326 e. The molecule has 1 atom stereocenters. The molecule has 3 aliphatic heterocycles. The first-order valence-electron chi connectivity index (χ1n) is 12.1. The molecular formula is C28H27ClN2O5S. The Hall–Kier alpha value is -3.10. The minimum Gasteiger partial charge on any atom is -0.465 e. The lowest BCUT2D eigenvalue weighted by molar-refractivity contribution is -0.145. The number of aryl methyl sites for hydroxylation is 1. The summed E-state index contributed by atoms with van der Waals surface area (Å²) in [7, 11) is 0. The van der Waals surface area contributed by atoms with Crippen LogP contribution in [0.1, 0.15) is 56.4 Å². The van der Waals surface area contributed by atoms with E-state index in [-0.39, 0.29) is 23.0 Å². The van der Waals surface area contributed by atoms with E-state index < -0.39 is 34.6 Å². The number of rotatable bonds is 4. The van der Waals surface area contributed by atoms with E-state index in [1.54, 1.807) is 11.8 Å². The van der Waals surface area contributed by atoms with Crippen LogP contribution in [0.2, 0.25) is 5.02 Å². The first kappa shape index (κ1) is 25.5. The highest BCUT2D eigenvalue weighted by molar-refractivity contribution is 8.18. The second kappa shape index (κ2) is 8.74. The topological polar surface area (TPSA) is 84.0 Å². The lowest BCUT2D eigenvalue weighted by Crippen LogP contribution is -2.54. The van der Waals surface area contributed by atoms with E-state index in [0.717, 1.165) is 27.3 Å². The van der Waals surface area contributed by atoms with Gasteiger partial charge in [-0.15, -0.1) is 0 Å². The molecule has 0 spiro atoms. The summed E-state index contributed by atoms with van der Waals surface area (Å²) in [6.07, 6.45) is 0.640. The Morgan fingerprint density at radius 2 is 1.76 bits per heavy atom. The number of ether oxygens (including phenoxy) is 1. The van der Waals surface area contributed by atoms with Crippen molar-refractivity contribution in [2.45, 2.75) is 52.0 Å². The van der Waals surface area contributed by atoms with Crippen molar-refractivity contribution in [1.29, 1.82) is 0 Å². The number of anilines is 1. The van der Waals surface area contributed by atoms with Gasteiger partial charge in [-0.25, -0.2) is 0 Å². The molecule has 2 aromatic rings. The number of hydrogen-bond acceptors (Lipinski definition) is 6. The molecule has 7 nitrogen and oxygen atoms in total. The van der Waals surface area contributed by atoms with Crippen molar-refractivity contribution in [2.75, 3.05) is 18.1 Å². The Balaban J connectivity index is 1.70. The largest absolute Gasteiger partial charge is 0.465 e. The van der Waals surface area contributed by atoms with Crippen LogP contribution in [0.3, 0.4) is 0 Å². The Bertz CT molecular complexity index is 1410. The van der Waals surface area contributed by atoms with Crippen molar-refractivity contribution in [2.24, 2.45) is 0 Å². The monoisotopic (exact) mass is 538 g/mol. The van der Waals surface area contributed by atoms with Crippen LogP contribution in [0.5, 0.6) is 0 Å². The van der Waals surface area contributed by atoms with Gasteiger partial charge in [0.25, 0.3) is 17.1 Å². The predicted molar refractivity (Wildman–Crippen MR) is 144 cm³/mol. The van der Waals surface area contributed by atoms with Gasteiger partial charge in [-0.1, -0.05) is 42.3 Å². The molecule has 3 aliphatic rings. The van der Waals surface area contributed by atoms with Gasteiger partial charge in [0.15, 0.2) is 0 Å². The van der Waals surface area contributed by atoms with Crippen molar-refractivity contribution >= 4 is 57.6 Å². The Kier molecular flexibility index (Phi) is 6.03. The second-order valence-electron chi connectivity index (χ2n) is 10.4. The number of nitrogens with zero attached hydrogens (tertiary/aromatic N) is 2. The molecule has 3 amide bonds. The van der Waals surface area contributed by atoms with Gasteiger partial charge in [-0.05, 0) is 75.2 Å². The van der Waals surface area contributed by atoms with Gasteiger partial charge in [-0.3, -0.25) is 24.1 Å². The van der Waals surface area contributed by atoms with Gasteiger partial charge in [-0.2, -0.15) is 0 Å². The molecule has 5 rings (SSSR count). The molecule has 1 fully saturated rings. The van der Waals surface area contributed by atoms with Crippen molar-refractivity contribution in [3.05, 3.63) is 68.6 Å². The van der Waals surface area contributed by atoms with Gasteiger partial charge in [0.05, 0.1) is 22.8 Å². The summed E-state index contributed by atoms with van der Waals surface area (Å²) in [5.41, 5.74) is 3.58. The van der Waals surface area contributed by atoms with E-state index in [1.807, 2.05) is 51.1 Å². The van der Waals surface area contributed by atoms with Crippen LogP contribution in [-0.2, 0) is 24.5 Å². The van der Waals surface area contributed by atoms with Crippen molar-refractivity contribution < 1.29 is 23.9 Å². The fourth-order valence-corrected chi connectivity index (χ4v) is 6.95.